The summed E-state index contributed by atoms with van der Waals surface area (Å²) in [4.78, 5) is 0. The Morgan fingerprint density at radius 1 is 0.429 bits per heavy atom. The van der Waals surface area contributed by atoms with E-state index in [-0.39, 0.29) is 0 Å². The minimum absolute atomic E-state index is 0.783. The third kappa shape index (κ3) is 14.0. The molecular weight excluding hydrogens is 512 g/mol. The molecule has 0 saturated heterocycles. The number of rotatable bonds is 20. The normalized spacial score (nSPS) is 10.5. The second kappa shape index (κ2) is 21.4. The minimum Gasteiger partial charge on any atom is -0.494 e. The first-order valence-corrected chi connectivity index (χ1v) is 16.7. The molecule has 42 heavy (non-hydrogen) atoms. The second-order valence-corrected chi connectivity index (χ2v) is 11.4. The average molecular weight is 565 g/mol. The summed E-state index contributed by atoms with van der Waals surface area (Å²) < 4.78 is 11.9. The standard InChI is InChI=1S/C40H52O2/c1-3-5-7-9-11-13-15-19-31-41-39-28-24-35(25-29-39)21-17-18-22-36-23-26-38-34-40(30-27-37(38)33-36)42-32-20-16-14-12-10-8-6-4-2/h23-30,33-34H,3-16,19-20,31-32H2,1-2H3. The van der Waals surface area contributed by atoms with Crippen molar-refractivity contribution in [3.63, 3.8) is 0 Å². The SMILES string of the molecule is CCCCCCCCCCOc1ccc(C#CC#Cc2ccc3cc(OCCCCCCCCCC)ccc3c2)cc1. The van der Waals surface area contributed by atoms with Crippen LogP contribution in [0.25, 0.3) is 10.8 Å². The van der Waals surface area contributed by atoms with Crippen LogP contribution in [0.1, 0.15) is 128 Å². The van der Waals surface area contributed by atoms with E-state index < -0.39 is 0 Å². The first-order chi connectivity index (χ1) is 20.8. The highest BCUT2D eigenvalue weighted by molar-refractivity contribution is 5.85. The van der Waals surface area contributed by atoms with Gasteiger partial charge in [-0.15, -0.1) is 0 Å². The van der Waals surface area contributed by atoms with E-state index in [1.807, 2.05) is 24.3 Å². The van der Waals surface area contributed by atoms with E-state index in [1.54, 1.807) is 0 Å². The lowest BCUT2D eigenvalue weighted by molar-refractivity contribution is 0.304. The van der Waals surface area contributed by atoms with Crippen LogP contribution in [0.15, 0.2) is 60.7 Å². The van der Waals surface area contributed by atoms with Crippen LogP contribution in [0.4, 0.5) is 0 Å². The molecule has 0 unspecified atom stereocenters. The summed E-state index contributed by atoms with van der Waals surface area (Å²) >= 11 is 0. The summed E-state index contributed by atoms with van der Waals surface area (Å²) in [5, 5.41) is 2.33. The molecule has 3 aromatic rings. The predicted molar refractivity (Wildman–Crippen MR) is 180 cm³/mol. The molecule has 0 bridgehead atoms. The van der Waals surface area contributed by atoms with E-state index in [0.717, 1.165) is 54.1 Å². The number of hydrogen-bond donors (Lipinski definition) is 0. The molecule has 3 aromatic carbocycles. The van der Waals surface area contributed by atoms with Gasteiger partial charge in [0.2, 0.25) is 0 Å². The average Bonchev–Trinajstić information content (AvgIpc) is 3.02. The zero-order chi connectivity index (χ0) is 29.5. The van der Waals surface area contributed by atoms with Gasteiger partial charge in [-0.25, -0.2) is 0 Å². The van der Waals surface area contributed by atoms with Crippen molar-refractivity contribution in [1.82, 2.24) is 0 Å². The molecule has 0 heterocycles. The van der Waals surface area contributed by atoms with Crippen molar-refractivity contribution in [2.75, 3.05) is 13.2 Å². The van der Waals surface area contributed by atoms with E-state index in [2.05, 4.69) is 73.9 Å². The monoisotopic (exact) mass is 564 g/mol. The highest BCUT2D eigenvalue weighted by atomic mass is 16.5. The molecule has 224 valence electrons. The number of unbranched alkanes of at least 4 members (excludes halogenated alkanes) is 14. The Balaban J connectivity index is 1.35. The summed E-state index contributed by atoms with van der Waals surface area (Å²) in [5.41, 5.74) is 1.91. The summed E-state index contributed by atoms with van der Waals surface area (Å²) in [7, 11) is 0. The Morgan fingerprint density at radius 3 is 1.45 bits per heavy atom. The van der Waals surface area contributed by atoms with Crippen molar-refractivity contribution in [2.24, 2.45) is 0 Å². The molecule has 0 aliphatic rings. The van der Waals surface area contributed by atoms with Gasteiger partial charge in [0.15, 0.2) is 0 Å². The third-order valence-electron chi connectivity index (χ3n) is 7.68. The van der Waals surface area contributed by atoms with E-state index in [1.165, 1.54) is 95.3 Å². The van der Waals surface area contributed by atoms with Crippen LogP contribution in [0.3, 0.4) is 0 Å². The lowest BCUT2D eigenvalue weighted by Crippen LogP contribution is -1.97. The molecule has 0 N–H and O–H groups in total. The lowest BCUT2D eigenvalue weighted by Gasteiger charge is -2.08. The van der Waals surface area contributed by atoms with Crippen LogP contribution in [0.5, 0.6) is 11.5 Å². The molecule has 3 rings (SSSR count). The van der Waals surface area contributed by atoms with Crippen LogP contribution >= 0.6 is 0 Å². The van der Waals surface area contributed by atoms with Gasteiger partial charge >= 0.3 is 0 Å². The van der Waals surface area contributed by atoms with Crippen LogP contribution in [-0.4, -0.2) is 13.2 Å². The van der Waals surface area contributed by atoms with Crippen LogP contribution < -0.4 is 9.47 Å². The summed E-state index contributed by atoms with van der Waals surface area (Å²) in [5.74, 6) is 14.2. The van der Waals surface area contributed by atoms with E-state index in [9.17, 15) is 0 Å². The van der Waals surface area contributed by atoms with Crippen molar-refractivity contribution in [3.05, 3.63) is 71.8 Å². The maximum Gasteiger partial charge on any atom is 0.119 e. The first-order valence-electron chi connectivity index (χ1n) is 16.7. The van der Waals surface area contributed by atoms with Crippen LogP contribution in [0.2, 0.25) is 0 Å². The van der Waals surface area contributed by atoms with Gasteiger partial charge in [0.25, 0.3) is 0 Å². The van der Waals surface area contributed by atoms with Gasteiger partial charge in [0.1, 0.15) is 11.5 Å². The fourth-order valence-corrected chi connectivity index (χ4v) is 5.08. The Morgan fingerprint density at radius 2 is 0.857 bits per heavy atom. The number of fused-ring (bicyclic) bond motifs is 1. The van der Waals surface area contributed by atoms with Crippen molar-refractivity contribution < 1.29 is 9.47 Å². The molecule has 0 saturated carbocycles. The van der Waals surface area contributed by atoms with Gasteiger partial charge < -0.3 is 9.47 Å². The molecule has 0 aromatic heterocycles. The maximum absolute atomic E-state index is 6.01. The molecule has 0 aliphatic carbocycles. The van der Waals surface area contributed by atoms with Crippen molar-refractivity contribution in [3.8, 4) is 35.2 Å². The first kappa shape index (κ1) is 33.1. The minimum atomic E-state index is 0.783. The maximum atomic E-state index is 6.01. The molecule has 0 fully saturated rings. The van der Waals surface area contributed by atoms with Gasteiger partial charge in [0, 0.05) is 11.1 Å². The molecule has 2 heteroatoms. The molecule has 0 atom stereocenters. The van der Waals surface area contributed by atoms with Crippen molar-refractivity contribution in [1.29, 1.82) is 0 Å². The molecule has 0 aliphatic heterocycles. The van der Waals surface area contributed by atoms with E-state index >= 15 is 0 Å². The Bertz CT molecular complexity index is 1270. The number of benzene rings is 3. The fraction of sp³-hybridized carbons (Fsp3) is 0.500. The van der Waals surface area contributed by atoms with E-state index in [0.29, 0.717) is 0 Å². The summed E-state index contributed by atoms with van der Waals surface area (Å²) in [6.45, 7) is 6.10. The predicted octanol–water partition coefficient (Wildman–Crippen LogP) is 11.3. The van der Waals surface area contributed by atoms with Gasteiger partial charge in [-0.2, -0.15) is 0 Å². The van der Waals surface area contributed by atoms with Crippen LogP contribution in [0, 0.1) is 23.7 Å². The topological polar surface area (TPSA) is 18.5 Å². The summed E-state index contributed by atoms with van der Waals surface area (Å²) in [6, 6.07) is 20.6. The zero-order valence-corrected chi connectivity index (χ0v) is 26.3. The number of ether oxygens (including phenoxy) is 2. The van der Waals surface area contributed by atoms with E-state index in [4.69, 9.17) is 9.47 Å². The zero-order valence-electron chi connectivity index (χ0n) is 26.3. The fourth-order valence-electron chi connectivity index (χ4n) is 5.08. The van der Waals surface area contributed by atoms with Gasteiger partial charge in [-0.05, 0) is 84.0 Å². The molecule has 0 radical (unpaired) electrons. The molecule has 0 amide bonds. The Kier molecular flexibility index (Phi) is 16.9. The largest absolute Gasteiger partial charge is 0.494 e. The quantitative estimate of drug-likeness (QED) is 0.100. The summed E-state index contributed by atoms with van der Waals surface area (Å²) in [6.07, 6.45) is 21.0. The molecular formula is C40H52O2. The van der Waals surface area contributed by atoms with Crippen molar-refractivity contribution in [2.45, 2.75) is 117 Å². The van der Waals surface area contributed by atoms with Crippen molar-refractivity contribution >= 4 is 10.8 Å². The van der Waals surface area contributed by atoms with Gasteiger partial charge in [-0.3, -0.25) is 0 Å². The molecule has 2 nitrogen and oxygen atoms in total. The second-order valence-electron chi connectivity index (χ2n) is 11.4. The van der Waals surface area contributed by atoms with Crippen LogP contribution in [-0.2, 0) is 0 Å². The number of hydrogen-bond acceptors (Lipinski definition) is 2. The van der Waals surface area contributed by atoms with Gasteiger partial charge in [0.05, 0.1) is 13.2 Å². The Labute approximate surface area is 256 Å². The Hall–Kier alpha value is -3.36. The third-order valence-corrected chi connectivity index (χ3v) is 7.68. The highest BCUT2D eigenvalue weighted by Crippen LogP contribution is 2.22. The highest BCUT2D eigenvalue weighted by Gasteiger charge is 2.00. The lowest BCUT2D eigenvalue weighted by atomic mass is 10.1. The van der Waals surface area contributed by atoms with Gasteiger partial charge in [-0.1, -0.05) is 128 Å². The molecule has 0 spiro atoms. The smallest absolute Gasteiger partial charge is 0.119 e.